The minimum atomic E-state index is -4.71. The van der Waals surface area contributed by atoms with Gasteiger partial charge in [-0.05, 0) is 54.3 Å². The molecule has 0 radical (unpaired) electrons. The van der Waals surface area contributed by atoms with Crippen LogP contribution in [0.25, 0.3) is 11.3 Å². The molecule has 2 aliphatic heterocycles. The van der Waals surface area contributed by atoms with Gasteiger partial charge in [0.05, 0.1) is 18.9 Å². The van der Waals surface area contributed by atoms with Crippen LogP contribution in [0.4, 0.5) is 24.9 Å². The summed E-state index contributed by atoms with van der Waals surface area (Å²) in [5.41, 5.74) is 11.1. The second-order valence-electron chi connectivity index (χ2n) is 11.0. The number of piperazine rings is 1. The van der Waals surface area contributed by atoms with Gasteiger partial charge in [0.1, 0.15) is 23.9 Å². The van der Waals surface area contributed by atoms with Crippen LogP contribution in [0.1, 0.15) is 16.7 Å². The third kappa shape index (κ3) is 6.88. The van der Waals surface area contributed by atoms with E-state index in [2.05, 4.69) is 29.8 Å². The van der Waals surface area contributed by atoms with E-state index in [1.807, 2.05) is 18.2 Å². The van der Waals surface area contributed by atoms with E-state index in [1.165, 1.54) is 12.1 Å². The number of nitrogen functional groups attached to an aromatic ring is 1. The number of nitrogens with zero attached hydrogens (tertiary/aromatic N) is 4. The Balaban J connectivity index is 1.07. The van der Waals surface area contributed by atoms with Crippen molar-refractivity contribution in [2.45, 2.75) is 25.8 Å². The van der Waals surface area contributed by atoms with Crippen LogP contribution in [0.3, 0.4) is 0 Å². The zero-order valence-electron chi connectivity index (χ0n) is 23.3. The number of rotatable bonds is 10. The van der Waals surface area contributed by atoms with Crippen molar-refractivity contribution >= 4 is 11.8 Å². The minimum Gasteiger partial charge on any atom is -0.489 e. The van der Waals surface area contributed by atoms with E-state index in [1.54, 1.807) is 12.1 Å². The van der Waals surface area contributed by atoms with Crippen molar-refractivity contribution in [3.63, 3.8) is 0 Å². The first-order valence-electron chi connectivity index (χ1n) is 14.3. The molecule has 224 valence electrons. The highest BCUT2D eigenvalue weighted by atomic mass is 19.4. The van der Waals surface area contributed by atoms with E-state index >= 15 is 0 Å². The fraction of sp³-hybridized carbons (Fsp3) is 0.467. The highest BCUT2D eigenvalue weighted by Crippen LogP contribution is 2.38. The first kappa shape index (κ1) is 28.5. The van der Waals surface area contributed by atoms with E-state index in [4.69, 9.17) is 15.2 Å². The van der Waals surface area contributed by atoms with Crippen molar-refractivity contribution in [2.24, 2.45) is 5.92 Å². The fourth-order valence-electron chi connectivity index (χ4n) is 5.61. The van der Waals surface area contributed by atoms with Gasteiger partial charge in [0, 0.05) is 62.9 Å². The van der Waals surface area contributed by atoms with Crippen LogP contribution in [-0.2, 0) is 24.2 Å². The van der Waals surface area contributed by atoms with Crippen LogP contribution in [-0.4, -0.2) is 80.3 Å². The number of fused-ring (bicyclic) bond motifs is 3. The maximum absolute atomic E-state index is 12.4. The molecule has 0 amide bonds. The molecule has 0 spiro atoms. The molecule has 0 atom stereocenters. The molecule has 0 saturated carbocycles. The Bertz CT molecular complexity index is 1380. The lowest BCUT2D eigenvalue weighted by Gasteiger charge is -2.37. The summed E-state index contributed by atoms with van der Waals surface area (Å²) >= 11 is 0. The van der Waals surface area contributed by atoms with Crippen LogP contribution in [0, 0.1) is 5.92 Å². The molecule has 2 saturated heterocycles. The molecule has 9 nitrogen and oxygen atoms in total. The highest BCUT2D eigenvalue weighted by molar-refractivity contribution is 5.76. The van der Waals surface area contributed by atoms with E-state index in [9.17, 15) is 13.2 Å². The number of hydrogen-bond donors (Lipinski definition) is 2. The summed E-state index contributed by atoms with van der Waals surface area (Å²) < 4.78 is 52.9. The quantitative estimate of drug-likeness (QED) is 0.346. The van der Waals surface area contributed by atoms with Crippen LogP contribution in [0.2, 0.25) is 0 Å². The van der Waals surface area contributed by atoms with Crippen molar-refractivity contribution in [3.8, 4) is 22.8 Å². The molecule has 3 aromatic rings. The fourth-order valence-corrected chi connectivity index (χ4v) is 5.61. The molecule has 0 unspecified atom stereocenters. The van der Waals surface area contributed by atoms with Gasteiger partial charge in [-0.25, -0.2) is 4.98 Å². The first-order chi connectivity index (χ1) is 20.3. The topological polar surface area (TPSA) is 98.0 Å². The average Bonchev–Trinajstić information content (AvgIpc) is 2.94. The minimum absolute atomic E-state index is 0.219. The number of alkyl halides is 3. The normalized spacial score (nSPS) is 17.4. The zero-order chi connectivity index (χ0) is 29.1. The largest absolute Gasteiger partial charge is 0.573 e. The van der Waals surface area contributed by atoms with Crippen molar-refractivity contribution in [1.82, 2.24) is 20.2 Å². The summed E-state index contributed by atoms with van der Waals surface area (Å²) in [6, 6.07) is 11.5. The Morgan fingerprint density at radius 3 is 2.43 bits per heavy atom. The van der Waals surface area contributed by atoms with E-state index < -0.39 is 6.36 Å². The van der Waals surface area contributed by atoms with Crippen LogP contribution < -0.4 is 25.4 Å². The van der Waals surface area contributed by atoms with Crippen LogP contribution in [0.15, 0.2) is 42.5 Å². The number of benzene rings is 2. The molecule has 12 heteroatoms. The standard InChI is InChI=1S/C30H35F3N6O3/c31-30(32,33)42-23-4-1-20(2-5-23)19-41-24-6-8-25-22(15-24)3-7-26-27(25)36-29(34)37-28(26)39-11-9-38(10-12-39)13-14-40-18-21-16-35-17-21/h1-2,4-6,8,15,21,35H,3,7,9-14,16-19H2,(H2,34,36,37). The molecular formula is C30H35F3N6O3. The lowest BCUT2D eigenvalue weighted by molar-refractivity contribution is -0.274. The SMILES string of the molecule is Nc1nc2c(c(N3CCN(CCOCC4CNC4)CC3)n1)CCc1cc(OCc3ccc(OC(F)(F)F)cc3)ccc1-2. The number of aryl methyl sites for hydroxylation is 1. The summed E-state index contributed by atoms with van der Waals surface area (Å²) in [5, 5.41) is 3.27. The van der Waals surface area contributed by atoms with Gasteiger partial charge in [0.15, 0.2) is 0 Å². The number of aromatic nitrogens is 2. The van der Waals surface area contributed by atoms with Crippen molar-refractivity contribution in [3.05, 3.63) is 59.2 Å². The molecule has 3 heterocycles. The second kappa shape index (κ2) is 12.3. The summed E-state index contributed by atoms with van der Waals surface area (Å²) in [6.45, 7) is 8.53. The zero-order valence-corrected chi connectivity index (χ0v) is 23.3. The second-order valence-corrected chi connectivity index (χ2v) is 11.0. The van der Waals surface area contributed by atoms with Crippen molar-refractivity contribution < 1.29 is 27.4 Å². The van der Waals surface area contributed by atoms with Gasteiger partial charge in [0.25, 0.3) is 0 Å². The predicted octanol–water partition coefficient (Wildman–Crippen LogP) is 3.66. The van der Waals surface area contributed by atoms with E-state index in [-0.39, 0.29) is 18.3 Å². The maximum atomic E-state index is 12.4. The summed E-state index contributed by atoms with van der Waals surface area (Å²) in [5.74, 6) is 2.27. The lowest BCUT2D eigenvalue weighted by atomic mass is 9.88. The monoisotopic (exact) mass is 584 g/mol. The van der Waals surface area contributed by atoms with Gasteiger partial charge in [-0.15, -0.1) is 13.2 Å². The third-order valence-corrected chi connectivity index (χ3v) is 7.98. The predicted molar refractivity (Wildman–Crippen MR) is 153 cm³/mol. The van der Waals surface area contributed by atoms with Gasteiger partial charge >= 0.3 is 6.36 Å². The number of halogens is 3. The lowest BCUT2D eigenvalue weighted by Crippen LogP contribution is -2.48. The average molecular weight is 585 g/mol. The number of nitrogens with two attached hydrogens (primary N) is 1. The maximum Gasteiger partial charge on any atom is 0.573 e. The Hall–Kier alpha value is -3.61. The smallest absolute Gasteiger partial charge is 0.489 e. The molecule has 3 aliphatic rings. The molecule has 2 aromatic carbocycles. The third-order valence-electron chi connectivity index (χ3n) is 7.98. The number of nitrogens with one attached hydrogen (secondary N) is 1. The molecular weight excluding hydrogens is 549 g/mol. The van der Waals surface area contributed by atoms with E-state index in [0.717, 1.165) is 106 Å². The van der Waals surface area contributed by atoms with Gasteiger partial charge < -0.3 is 30.2 Å². The Kier molecular flexibility index (Phi) is 8.36. The summed E-state index contributed by atoms with van der Waals surface area (Å²) in [4.78, 5) is 14.1. The number of hydrogen-bond acceptors (Lipinski definition) is 9. The molecule has 1 aliphatic carbocycles. The Labute approximate surface area is 242 Å². The Morgan fingerprint density at radius 1 is 0.952 bits per heavy atom. The van der Waals surface area contributed by atoms with Crippen LogP contribution >= 0.6 is 0 Å². The molecule has 42 heavy (non-hydrogen) atoms. The summed E-state index contributed by atoms with van der Waals surface area (Å²) in [6.07, 6.45) is -3.10. The molecule has 2 fully saturated rings. The van der Waals surface area contributed by atoms with Crippen molar-refractivity contribution in [2.75, 3.05) is 69.7 Å². The molecule has 0 bridgehead atoms. The van der Waals surface area contributed by atoms with Gasteiger partial charge in [-0.1, -0.05) is 12.1 Å². The molecule has 6 rings (SSSR count). The van der Waals surface area contributed by atoms with E-state index in [0.29, 0.717) is 11.7 Å². The Morgan fingerprint density at radius 2 is 1.71 bits per heavy atom. The van der Waals surface area contributed by atoms with Crippen LogP contribution in [0.5, 0.6) is 11.5 Å². The summed E-state index contributed by atoms with van der Waals surface area (Å²) in [7, 11) is 0. The number of anilines is 2. The molecule has 1 aromatic heterocycles. The first-order valence-corrected chi connectivity index (χ1v) is 14.3. The number of ether oxygens (including phenoxy) is 3. The van der Waals surface area contributed by atoms with Gasteiger partial charge in [0.2, 0.25) is 5.95 Å². The molecule has 3 N–H and O–H groups in total. The van der Waals surface area contributed by atoms with Gasteiger partial charge in [-0.3, -0.25) is 4.90 Å². The highest BCUT2D eigenvalue weighted by Gasteiger charge is 2.31. The van der Waals surface area contributed by atoms with Crippen molar-refractivity contribution in [1.29, 1.82) is 0 Å². The van der Waals surface area contributed by atoms with Gasteiger partial charge in [-0.2, -0.15) is 4.98 Å².